The van der Waals surface area contributed by atoms with Crippen molar-refractivity contribution in [2.45, 2.75) is 18.7 Å². The van der Waals surface area contributed by atoms with Gasteiger partial charge in [-0.25, -0.2) is 12.8 Å². The van der Waals surface area contributed by atoms with E-state index in [0.717, 1.165) is 5.56 Å². The second-order valence-electron chi connectivity index (χ2n) is 4.69. The number of benzene rings is 2. The number of nitrogen functional groups attached to an aromatic ring is 1. The molecule has 0 aromatic heterocycles. The van der Waals surface area contributed by atoms with E-state index in [1.54, 1.807) is 19.9 Å². The summed E-state index contributed by atoms with van der Waals surface area (Å²) in [4.78, 5) is 0.0411. The zero-order valence-electron chi connectivity index (χ0n) is 11.4. The molecule has 4 nitrogen and oxygen atoms in total. The van der Waals surface area contributed by atoms with Crippen LogP contribution in [-0.2, 0) is 10.0 Å². The molecule has 0 heterocycles. The predicted molar refractivity (Wildman–Crippen MR) is 85.2 cm³/mol. The van der Waals surface area contributed by atoms with Crippen LogP contribution >= 0.6 is 15.9 Å². The molecule has 0 aliphatic heterocycles. The average molecular weight is 373 g/mol. The third-order valence-corrected chi connectivity index (χ3v) is 5.09. The Morgan fingerprint density at radius 2 is 1.86 bits per heavy atom. The van der Waals surface area contributed by atoms with Gasteiger partial charge >= 0.3 is 0 Å². The van der Waals surface area contributed by atoms with Crippen molar-refractivity contribution in [1.82, 2.24) is 0 Å². The molecule has 0 fully saturated rings. The highest BCUT2D eigenvalue weighted by Crippen LogP contribution is 2.27. The number of aryl methyl sites for hydroxylation is 1. The highest BCUT2D eigenvalue weighted by atomic mass is 79.9. The molecule has 0 unspecified atom stereocenters. The Bertz CT molecular complexity index is 807. The van der Waals surface area contributed by atoms with Gasteiger partial charge in [0.15, 0.2) is 0 Å². The summed E-state index contributed by atoms with van der Waals surface area (Å²) in [7, 11) is -3.92. The van der Waals surface area contributed by atoms with Crippen molar-refractivity contribution in [2.75, 3.05) is 10.5 Å². The Hall–Kier alpha value is -1.60. The summed E-state index contributed by atoms with van der Waals surface area (Å²) in [5.41, 5.74) is 7.25. The second-order valence-corrected chi connectivity index (χ2v) is 7.26. The monoisotopic (exact) mass is 372 g/mol. The van der Waals surface area contributed by atoms with Crippen molar-refractivity contribution < 1.29 is 12.8 Å². The van der Waals surface area contributed by atoms with Crippen LogP contribution in [-0.4, -0.2) is 8.42 Å². The summed E-state index contributed by atoms with van der Waals surface area (Å²) < 4.78 is 41.4. The van der Waals surface area contributed by atoms with Gasteiger partial charge in [-0.05, 0) is 55.3 Å². The third-order valence-electron chi connectivity index (χ3n) is 3.10. The van der Waals surface area contributed by atoms with E-state index in [1.165, 1.54) is 24.3 Å². The van der Waals surface area contributed by atoms with Gasteiger partial charge in [-0.1, -0.05) is 15.9 Å². The fourth-order valence-corrected chi connectivity index (χ4v) is 3.68. The Kier molecular flexibility index (Phi) is 4.25. The van der Waals surface area contributed by atoms with Gasteiger partial charge in [0.2, 0.25) is 0 Å². The van der Waals surface area contributed by atoms with E-state index in [9.17, 15) is 12.8 Å². The van der Waals surface area contributed by atoms with Crippen LogP contribution in [0.5, 0.6) is 0 Å². The van der Waals surface area contributed by atoms with Crippen molar-refractivity contribution >= 4 is 37.3 Å². The number of nitrogens with one attached hydrogen (secondary N) is 1. The van der Waals surface area contributed by atoms with Gasteiger partial charge in [-0.15, -0.1) is 0 Å². The molecule has 3 N–H and O–H groups in total. The molecule has 2 rings (SSSR count). The lowest BCUT2D eigenvalue weighted by molar-refractivity contribution is 0.598. The minimum Gasteiger partial charge on any atom is -0.399 e. The predicted octanol–water partition coefficient (Wildman–Crippen LogP) is 3.59. The van der Waals surface area contributed by atoms with Crippen LogP contribution in [0.3, 0.4) is 0 Å². The molecule has 0 atom stereocenters. The molecule has 0 spiro atoms. The lowest BCUT2D eigenvalue weighted by Crippen LogP contribution is -2.16. The number of anilines is 2. The van der Waals surface area contributed by atoms with Crippen molar-refractivity contribution in [2.24, 2.45) is 0 Å². The first-order valence-electron chi connectivity index (χ1n) is 6.05. The zero-order valence-corrected chi connectivity index (χ0v) is 13.8. The van der Waals surface area contributed by atoms with Gasteiger partial charge in [0.1, 0.15) is 5.82 Å². The molecule has 7 heteroatoms. The molecular formula is C14H14BrFN2O2S. The molecule has 0 saturated heterocycles. The van der Waals surface area contributed by atoms with Gasteiger partial charge < -0.3 is 5.73 Å². The molecule has 0 amide bonds. The van der Waals surface area contributed by atoms with Crippen LogP contribution < -0.4 is 10.5 Å². The largest absolute Gasteiger partial charge is 0.399 e. The number of nitrogens with two attached hydrogens (primary N) is 1. The Balaban J connectivity index is 2.51. The fraction of sp³-hybridized carbons (Fsp3) is 0.143. The summed E-state index contributed by atoms with van der Waals surface area (Å²) in [5.74, 6) is -0.653. The van der Waals surface area contributed by atoms with Crippen molar-refractivity contribution in [3.05, 3.63) is 51.7 Å². The van der Waals surface area contributed by atoms with Gasteiger partial charge in [0.05, 0.1) is 10.6 Å². The molecule has 2 aromatic carbocycles. The molecule has 0 aliphatic rings. The fourth-order valence-electron chi connectivity index (χ4n) is 1.91. The van der Waals surface area contributed by atoms with E-state index >= 15 is 0 Å². The summed E-state index contributed by atoms with van der Waals surface area (Å²) in [6.45, 7) is 3.45. The second kappa shape index (κ2) is 5.65. The quantitative estimate of drug-likeness (QED) is 0.808. The normalized spacial score (nSPS) is 11.4. The van der Waals surface area contributed by atoms with Crippen LogP contribution in [0.4, 0.5) is 15.8 Å². The Morgan fingerprint density at radius 1 is 1.19 bits per heavy atom. The highest BCUT2D eigenvalue weighted by Gasteiger charge is 2.20. The zero-order chi connectivity index (χ0) is 15.8. The van der Waals surface area contributed by atoms with Gasteiger partial charge in [0, 0.05) is 10.2 Å². The maximum atomic E-state index is 13.7. The first-order valence-corrected chi connectivity index (χ1v) is 8.33. The molecule has 0 radical (unpaired) electrons. The van der Waals surface area contributed by atoms with Crippen molar-refractivity contribution in [1.29, 1.82) is 0 Å². The molecule has 0 aliphatic carbocycles. The van der Waals surface area contributed by atoms with E-state index in [4.69, 9.17) is 5.73 Å². The number of hydrogen-bond donors (Lipinski definition) is 2. The van der Waals surface area contributed by atoms with Crippen LogP contribution in [0.25, 0.3) is 0 Å². The number of halogens is 2. The SMILES string of the molecule is Cc1cc(N)cc(S(=O)(=O)Nc2cc(Br)ccc2F)c1C. The lowest BCUT2D eigenvalue weighted by atomic mass is 10.1. The smallest absolute Gasteiger partial charge is 0.262 e. The number of rotatable bonds is 3. The van der Waals surface area contributed by atoms with Crippen LogP contribution in [0.15, 0.2) is 39.7 Å². The van der Waals surface area contributed by atoms with Crippen molar-refractivity contribution in [3.63, 3.8) is 0 Å². The van der Waals surface area contributed by atoms with Gasteiger partial charge in [-0.2, -0.15) is 0 Å². The van der Waals surface area contributed by atoms with E-state index in [1.807, 2.05) is 0 Å². The molecule has 112 valence electrons. The minimum absolute atomic E-state index is 0.0411. The summed E-state index contributed by atoms with van der Waals surface area (Å²) >= 11 is 3.18. The molecule has 0 saturated carbocycles. The molecular weight excluding hydrogens is 359 g/mol. The summed E-state index contributed by atoms with van der Waals surface area (Å²) in [6.07, 6.45) is 0. The molecule has 0 bridgehead atoms. The van der Waals surface area contributed by atoms with Crippen LogP contribution in [0.2, 0.25) is 0 Å². The van der Waals surface area contributed by atoms with Crippen molar-refractivity contribution in [3.8, 4) is 0 Å². The maximum absolute atomic E-state index is 13.7. The van der Waals surface area contributed by atoms with Gasteiger partial charge in [-0.3, -0.25) is 4.72 Å². The lowest BCUT2D eigenvalue weighted by Gasteiger charge is -2.13. The van der Waals surface area contributed by atoms with Gasteiger partial charge in [0.25, 0.3) is 10.0 Å². The van der Waals surface area contributed by atoms with E-state index < -0.39 is 15.8 Å². The summed E-state index contributed by atoms with van der Waals surface area (Å²) in [5, 5.41) is 0. The van der Waals surface area contributed by atoms with Crippen LogP contribution in [0, 0.1) is 19.7 Å². The van der Waals surface area contributed by atoms with Crippen LogP contribution in [0.1, 0.15) is 11.1 Å². The molecule has 2 aromatic rings. The van der Waals surface area contributed by atoms with E-state index in [-0.39, 0.29) is 10.6 Å². The van der Waals surface area contributed by atoms with E-state index in [2.05, 4.69) is 20.7 Å². The number of hydrogen-bond acceptors (Lipinski definition) is 3. The first kappa shape index (κ1) is 15.8. The summed E-state index contributed by atoms with van der Waals surface area (Å²) in [6, 6.07) is 7.08. The number of sulfonamides is 1. The standard InChI is InChI=1S/C14H14BrFN2O2S/c1-8-5-11(17)7-14(9(8)2)21(19,20)18-13-6-10(15)3-4-12(13)16/h3-7,18H,17H2,1-2H3. The first-order chi connectivity index (χ1) is 9.70. The van der Waals surface area contributed by atoms with E-state index in [0.29, 0.717) is 15.7 Å². The minimum atomic E-state index is -3.92. The molecule has 21 heavy (non-hydrogen) atoms. The topological polar surface area (TPSA) is 72.2 Å². The Morgan fingerprint density at radius 3 is 2.52 bits per heavy atom. The maximum Gasteiger partial charge on any atom is 0.262 e. The third kappa shape index (κ3) is 3.36. The average Bonchev–Trinajstić information content (AvgIpc) is 2.37. The Labute approximate surface area is 131 Å². The highest BCUT2D eigenvalue weighted by molar-refractivity contribution is 9.10.